The van der Waals surface area contributed by atoms with Crippen LogP contribution in [0.4, 0.5) is 0 Å². The van der Waals surface area contributed by atoms with E-state index in [1.807, 2.05) is 13.8 Å². The van der Waals surface area contributed by atoms with Gasteiger partial charge >= 0.3 is 0 Å². The van der Waals surface area contributed by atoms with E-state index in [0.29, 0.717) is 13.2 Å². The zero-order valence-electron chi connectivity index (χ0n) is 13.5. The first kappa shape index (κ1) is 16.3. The summed E-state index contributed by atoms with van der Waals surface area (Å²) in [6.45, 7) is 7.80. The number of hydrogen-bond acceptors (Lipinski definition) is 6. The Balaban J connectivity index is 1.50. The number of likely N-dealkylation sites (tertiary alicyclic amines) is 1. The average molecular weight is 326 g/mol. The molecule has 22 heavy (non-hydrogen) atoms. The van der Waals surface area contributed by atoms with Crippen LogP contribution in [0, 0.1) is 6.92 Å². The van der Waals surface area contributed by atoms with E-state index in [1.54, 1.807) is 11.3 Å². The number of ether oxygens (including phenoxy) is 2. The zero-order chi connectivity index (χ0) is 15.6. The largest absolute Gasteiger partial charge is 0.392 e. The maximum absolute atomic E-state index is 9.59. The molecule has 1 aromatic rings. The van der Waals surface area contributed by atoms with Crippen molar-refractivity contribution in [2.75, 3.05) is 26.2 Å². The van der Waals surface area contributed by atoms with E-state index < -0.39 is 0 Å². The number of aliphatic hydroxyl groups excluding tert-OH is 1. The van der Waals surface area contributed by atoms with Gasteiger partial charge in [0.25, 0.3) is 0 Å². The smallest absolute Gasteiger partial charge is 0.0901 e. The van der Waals surface area contributed by atoms with E-state index in [2.05, 4.69) is 15.3 Å². The summed E-state index contributed by atoms with van der Waals surface area (Å²) in [5.74, 6) is 0. The highest BCUT2D eigenvalue weighted by atomic mass is 32.1. The van der Waals surface area contributed by atoms with Crippen molar-refractivity contribution in [2.24, 2.45) is 0 Å². The van der Waals surface area contributed by atoms with Crippen molar-refractivity contribution in [3.63, 3.8) is 0 Å². The molecular weight excluding hydrogens is 300 g/mol. The van der Waals surface area contributed by atoms with Gasteiger partial charge in [0.2, 0.25) is 0 Å². The number of thiazole rings is 1. The number of aryl methyl sites for hydroxylation is 1. The number of nitrogens with zero attached hydrogens (tertiary/aromatic N) is 2. The third kappa shape index (κ3) is 4.06. The van der Waals surface area contributed by atoms with Crippen molar-refractivity contribution in [1.82, 2.24) is 9.88 Å². The molecule has 3 unspecified atom stereocenters. The number of aromatic nitrogens is 1. The molecule has 0 aromatic carbocycles. The molecule has 3 atom stereocenters. The predicted octanol–water partition coefficient (Wildman–Crippen LogP) is 1.97. The van der Waals surface area contributed by atoms with Crippen molar-refractivity contribution < 1.29 is 14.6 Å². The zero-order valence-corrected chi connectivity index (χ0v) is 14.3. The van der Waals surface area contributed by atoms with Crippen molar-refractivity contribution in [1.29, 1.82) is 0 Å². The van der Waals surface area contributed by atoms with Crippen molar-refractivity contribution in [2.45, 2.75) is 57.5 Å². The minimum Gasteiger partial charge on any atom is -0.392 e. The monoisotopic (exact) mass is 326 g/mol. The van der Waals surface area contributed by atoms with Crippen LogP contribution in [0.3, 0.4) is 0 Å². The molecule has 0 aliphatic carbocycles. The molecule has 0 amide bonds. The van der Waals surface area contributed by atoms with Crippen LogP contribution in [-0.2, 0) is 16.1 Å². The summed E-state index contributed by atoms with van der Waals surface area (Å²) in [6.07, 6.45) is 3.06. The van der Waals surface area contributed by atoms with Gasteiger partial charge in [-0.3, -0.25) is 4.90 Å². The van der Waals surface area contributed by atoms with Crippen LogP contribution in [0.25, 0.3) is 0 Å². The average Bonchev–Trinajstić information content (AvgIpc) is 3.03. The van der Waals surface area contributed by atoms with Gasteiger partial charge in [-0.25, -0.2) is 4.98 Å². The molecule has 5 nitrogen and oxygen atoms in total. The second-order valence-corrected chi connectivity index (χ2v) is 7.74. The molecule has 3 heterocycles. The molecule has 1 N–H and O–H groups in total. The Hall–Kier alpha value is -0.530. The van der Waals surface area contributed by atoms with Gasteiger partial charge in [0.05, 0.1) is 41.7 Å². The Bertz CT molecular complexity index is 493. The first-order valence-corrected chi connectivity index (χ1v) is 9.00. The van der Waals surface area contributed by atoms with Gasteiger partial charge in [0.15, 0.2) is 0 Å². The summed E-state index contributed by atoms with van der Waals surface area (Å²) in [6, 6.07) is 0. The van der Waals surface area contributed by atoms with Gasteiger partial charge in [-0.2, -0.15) is 0 Å². The fourth-order valence-electron chi connectivity index (χ4n) is 3.59. The van der Waals surface area contributed by atoms with E-state index in [9.17, 15) is 5.11 Å². The van der Waals surface area contributed by atoms with Gasteiger partial charge in [-0.1, -0.05) is 0 Å². The maximum atomic E-state index is 9.59. The molecule has 1 spiro atoms. The van der Waals surface area contributed by atoms with Gasteiger partial charge in [0, 0.05) is 24.9 Å². The fraction of sp³-hybridized carbons (Fsp3) is 0.812. The molecule has 0 saturated carbocycles. The van der Waals surface area contributed by atoms with Crippen LogP contribution in [0.15, 0.2) is 5.38 Å². The summed E-state index contributed by atoms with van der Waals surface area (Å²) in [5.41, 5.74) is 0.943. The highest BCUT2D eigenvalue weighted by Crippen LogP contribution is 2.36. The van der Waals surface area contributed by atoms with E-state index in [1.165, 1.54) is 0 Å². The lowest BCUT2D eigenvalue weighted by molar-refractivity contribution is -0.0591. The molecule has 2 saturated heterocycles. The number of piperidine rings is 1. The first-order valence-electron chi connectivity index (χ1n) is 8.12. The Morgan fingerprint density at radius 3 is 3.23 bits per heavy atom. The Morgan fingerprint density at radius 1 is 1.64 bits per heavy atom. The maximum Gasteiger partial charge on any atom is 0.0901 e. The summed E-state index contributed by atoms with van der Waals surface area (Å²) in [5, 5.41) is 12.7. The Kier molecular flexibility index (Phi) is 5.14. The van der Waals surface area contributed by atoms with E-state index in [4.69, 9.17) is 9.47 Å². The topological polar surface area (TPSA) is 54.8 Å². The highest BCUT2D eigenvalue weighted by molar-refractivity contribution is 7.09. The molecule has 2 aliphatic heterocycles. The molecular formula is C16H26N2O3S. The number of rotatable bonds is 5. The number of aliphatic hydroxyl groups is 1. The van der Waals surface area contributed by atoms with Crippen LogP contribution < -0.4 is 0 Å². The summed E-state index contributed by atoms with van der Waals surface area (Å²) >= 11 is 1.66. The molecule has 2 aliphatic rings. The first-order chi connectivity index (χ1) is 10.5. The van der Waals surface area contributed by atoms with Crippen LogP contribution >= 0.6 is 11.3 Å². The quantitative estimate of drug-likeness (QED) is 0.896. The normalized spacial score (nSPS) is 31.0. The van der Waals surface area contributed by atoms with Crippen LogP contribution in [0.5, 0.6) is 0 Å². The molecule has 0 radical (unpaired) electrons. The lowest BCUT2D eigenvalue weighted by Gasteiger charge is -2.40. The molecule has 2 fully saturated rings. The minimum atomic E-state index is -0.281. The predicted molar refractivity (Wildman–Crippen MR) is 86.1 cm³/mol. The van der Waals surface area contributed by atoms with Crippen LogP contribution in [0.1, 0.15) is 36.9 Å². The standard InChI is InChI=1S/C16H26N2O3S/c1-12(19)7-18-5-3-4-16(11-18)6-15(9-21-16)20-8-14-10-22-13(2)17-14/h10,12,15,19H,3-9,11H2,1-2H3. The molecule has 124 valence electrons. The third-order valence-corrected chi connectivity index (χ3v) is 5.27. The van der Waals surface area contributed by atoms with Gasteiger partial charge in [0.1, 0.15) is 0 Å². The van der Waals surface area contributed by atoms with Gasteiger partial charge in [-0.05, 0) is 33.2 Å². The van der Waals surface area contributed by atoms with E-state index in [0.717, 1.165) is 49.6 Å². The lowest BCUT2D eigenvalue weighted by atomic mass is 9.89. The van der Waals surface area contributed by atoms with Gasteiger partial charge in [-0.15, -0.1) is 11.3 Å². The SMILES string of the molecule is Cc1nc(COC2COC3(CCCN(CC(C)O)C3)C2)cs1. The van der Waals surface area contributed by atoms with Crippen LogP contribution in [0.2, 0.25) is 0 Å². The summed E-state index contributed by atoms with van der Waals surface area (Å²) in [4.78, 5) is 6.76. The van der Waals surface area contributed by atoms with Gasteiger partial charge < -0.3 is 14.6 Å². The van der Waals surface area contributed by atoms with Crippen molar-refractivity contribution in [3.05, 3.63) is 16.1 Å². The third-order valence-electron chi connectivity index (χ3n) is 4.45. The van der Waals surface area contributed by atoms with E-state index in [-0.39, 0.29) is 17.8 Å². The van der Waals surface area contributed by atoms with Crippen molar-refractivity contribution >= 4 is 11.3 Å². The Labute approximate surface area is 136 Å². The number of β-amino-alcohol motifs (C(OH)–C–C–N with tert-alkyl or cyclic N) is 1. The van der Waals surface area contributed by atoms with E-state index >= 15 is 0 Å². The second kappa shape index (κ2) is 6.93. The summed E-state index contributed by atoms with van der Waals surface area (Å²) < 4.78 is 12.1. The molecule has 1 aromatic heterocycles. The molecule has 6 heteroatoms. The number of hydrogen-bond donors (Lipinski definition) is 1. The molecule has 3 rings (SSSR count). The second-order valence-electron chi connectivity index (χ2n) is 6.68. The highest BCUT2D eigenvalue weighted by Gasteiger charge is 2.43. The Morgan fingerprint density at radius 2 is 2.50 bits per heavy atom. The lowest BCUT2D eigenvalue weighted by Crippen LogP contribution is -2.49. The van der Waals surface area contributed by atoms with Crippen LogP contribution in [-0.4, -0.2) is 59.0 Å². The van der Waals surface area contributed by atoms with Crippen molar-refractivity contribution in [3.8, 4) is 0 Å². The minimum absolute atomic E-state index is 0.0736. The molecule has 0 bridgehead atoms. The summed E-state index contributed by atoms with van der Waals surface area (Å²) in [7, 11) is 0. The fourth-order valence-corrected chi connectivity index (χ4v) is 4.19.